The molecular weight excluding hydrogens is 759 g/mol. The summed E-state index contributed by atoms with van der Waals surface area (Å²) >= 11 is 0. The molecule has 7 aromatic rings. The monoisotopic (exact) mass is 805 g/mol. The van der Waals surface area contributed by atoms with Gasteiger partial charge in [-0.1, -0.05) is 127 Å². The zero-order valence-corrected chi connectivity index (χ0v) is 34.3. The number of ether oxygens (including phenoxy) is 4. The van der Waals surface area contributed by atoms with E-state index >= 15 is 0 Å². The van der Waals surface area contributed by atoms with Gasteiger partial charge in [-0.3, -0.25) is 4.79 Å². The normalized spacial score (nSPS) is 11.0. The molecule has 0 atom stereocenters. The van der Waals surface area contributed by atoms with Crippen LogP contribution in [0.15, 0.2) is 188 Å². The summed E-state index contributed by atoms with van der Waals surface area (Å²) in [5.41, 5.74) is 11.6. The van der Waals surface area contributed by atoms with Crippen molar-refractivity contribution in [2.24, 2.45) is 0 Å². The highest BCUT2D eigenvalue weighted by molar-refractivity contribution is 5.93. The molecule has 0 aliphatic rings. The SMILES string of the molecule is COc1ccc(C(=Cc2ccc(N(c3ccccc3)c3ccc(C=C(c4ccccc4)c4ccccc4)cc3)cc2)c2ccc(OC(=O)OCCCCOC(C)=O)cc2)cc1. The van der Waals surface area contributed by atoms with E-state index in [-0.39, 0.29) is 19.2 Å². The van der Waals surface area contributed by atoms with Crippen LogP contribution in [0, 0.1) is 0 Å². The van der Waals surface area contributed by atoms with E-state index in [1.165, 1.54) is 18.1 Å². The Labute approximate surface area is 357 Å². The third-order valence-corrected chi connectivity index (χ3v) is 9.94. The molecule has 0 aromatic heterocycles. The van der Waals surface area contributed by atoms with E-state index in [0.717, 1.165) is 56.2 Å². The molecular formula is C54H47NO6. The van der Waals surface area contributed by atoms with Crippen LogP contribution < -0.4 is 14.4 Å². The summed E-state index contributed by atoms with van der Waals surface area (Å²) in [6.07, 6.45) is 4.76. The molecule has 0 aliphatic carbocycles. The van der Waals surface area contributed by atoms with E-state index in [4.69, 9.17) is 18.9 Å². The van der Waals surface area contributed by atoms with Crippen molar-refractivity contribution in [1.82, 2.24) is 0 Å². The van der Waals surface area contributed by atoms with Crippen LogP contribution in [0.1, 0.15) is 53.1 Å². The Bertz CT molecular complexity index is 2490. The second kappa shape index (κ2) is 20.9. The molecule has 0 amide bonds. The van der Waals surface area contributed by atoms with Crippen LogP contribution in [0.4, 0.5) is 21.9 Å². The van der Waals surface area contributed by atoms with Gasteiger partial charge in [-0.05, 0) is 130 Å². The van der Waals surface area contributed by atoms with E-state index in [1.807, 2.05) is 54.6 Å². The second-order valence-electron chi connectivity index (χ2n) is 14.2. The second-order valence-corrected chi connectivity index (χ2v) is 14.2. The predicted molar refractivity (Wildman–Crippen MR) is 245 cm³/mol. The maximum Gasteiger partial charge on any atom is 0.513 e. The van der Waals surface area contributed by atoms with Crippen molar-refractivity contribution in [2.45, 2.75) is 19.8 Å². The van der Waals surface area contributed by atoms with Gasteiger partial charge in [0, 0.05) is 24.0 Å². The zero-order valence-electron chi connectivity index (χ0n) is 34.3. The molecule has 0 saturated heterocycles. The Morgan fingerprint density at radius 2 is 0.852 bits per heavy atom. The lowest BCUT2D eigenvalue weighted by molar-refractivity contribution is -0.141. The quantitative estimate of drug-likeness (QED) is 0.0417. The summed E-state index contributed by atoms with van der Waals surface area (Å²) in [5, 5.41) is 0. The first kappa shape index (κ1) is 41.5. The van der Waals surface area contributed by atoms with E-state index < -0.39 is 6.16 Å². The lowest BCUT2D eigenvalue weighted by Crippen LogP contribution is -2.12. The minimum atomic E-state index is -0.788. The van der Waals surface area contributed by atoms with Crippen molar-refractivity contribution in [2.75, 3.05) is 25.2 Å². The highest BCUT2D eigenvalue weighted by atomic mass is 16.7. The highest BCUT2D eigenvalue weighted by Crippen LogP contribution is 2.36. The highest BCUT2D eigenvalue weighted by Gasteiger charge is 2.14. The molecule has 0 saturated carbocycles. The van der Waals surface area contributed by atoms with Crippen LogP contribution in [0.2, 0.25) is 0 Å². The number of unbranched alkanes of at least 4 members (excludes halogenated alkanes) is 1. The van der Waals surface area contributed by atoms with E-state index in [2.05, 4.69) is 138 Å². The smallest absolute Gasteiger partial charge is 0.497 e. The van der Waals surface area contributed by atoms with Gasteiger partial charge in [-0.2, -0.15) is 0 Å². The van der Waals surface area contributed by atoms with E-state index in [0.29, 0.717) is 18.6 Å². The van der Waals surface area contributed by atoms with Crippen molar-refractivity contribution in [3.63, 3.8) is 0 Å². The van der Waals surface area contributed by atoms with Gasteiger partial charge in [0.15, 0.2) is 0 Å². The van der Waals surface area contributed by atoms with Gasteiger partial charge in [-0.25, -0.2) is 4.79 Å². The molecule has 0 N–H and O–H groups in total. The number of esters is 1. The summed E-state index contributed by atoms with van der Waals surface area (Å²) in [5.74, 6) is 0.797. The fourth-order valence-electron chi connectivity index (χ4n) is 6.87. The molecule has 61 heavy (non-hydrogen) atoms. The zero-order chi connectivity index (χ0) is 42.2. The summed E-state index contributed by atoms with van der Waals surface area (Å²) < 4.78 is 21.0. The van der Waals surface area contributed by atoms with Gasteiger partial charge >= 0.3 is 12.1 Å². The lowest BCUT2D eigenvalue weighted by atomic mass is 9.95. The number of methoxy groups -OCH3 is 1. The van der Waals surface area contributed by atoms with Crippen LogP contribution in [0.3, 0.4) is 0 Å². The Hall–Kier alpha value is -7.64. The number of anilines is 3. The first-order valence-electron chi connectivity index (χ1n) is 20.3. The minimum Gasteiger partial charge on any atom is -0.497 e. The number of nitrogens with zero attached hydrogens (tertiary/aromatic N) is 1. The average Bonchev–Trinajstić information content (AvgIpc) is 3.31. The van der Waals surface area contributed by atoms with Gasteiger partial charge in [-0.15, -0.1) is 0 Å². The average molecular weight is 806 g/mol. The van der Waals surface area contributed by atoms with Crippen LogP contribution >= 0.6 is 0 Å². The number of rotatable bonds is 16. The Morgan fingerprint density at radius 1 is 0.459 bits per heavy atom. The molecule has 304 valence electrons. The van der Waals surface area contributed by atoms with Gasteiger partial charge in [0.1, 0.15) is 11.5 Å². The fourth-order valence-corrected chi connectivity index (χ4v) is 6.87. The number of benzene rings is 7. The molecule has 7 nitrogen and oxygen atoms in total. The predicted octanol–water partition coefficient (Wildman–Crippen LogP) is 13.2. The summed E-state index contributed by atoms with van der Waals surface area (Å²) in [6.45, 7) is 1.81. The summed E-state index contributed by atoms with van der Waals surface area (Å²) in [6, 6.07) is 63.8. The number of carbonyl (C=O) groups is 2. The molecule has 0 fully saturated rings. The third kappa shape index (κ3) is 11.5. The number of hydrogen-bond acceptors (Lipinski definition) is 7. The third-order valence-electron chi connectivity index (χ3n) is 9.94. The Morgan fingerprint density at radius 3 is 1.30 bits per heavy atom. The van der Waals surface area contributed by atoms with Crippen molar-refractivity contribution >= 4 is 52.5 Å². The minimum absolute atomic E-state index is 0.166. The molecule has 7 heteroatoms. The molecule has 7 rings (SSSR count). The molecule has 0 unspecified atom stereocenters. The molecule has 0 aliphatic heterocycles. The maximum absolute atomic E-state index is 12.3. The summed E-state index contributed by atoms with van der Waals surface area (Å²) in [4.78, 5) is 25.5. The number of hydrogen-bond donors (Lipinski definition) is 0. The van der Waals surface area contributed by atoms with Gasteiger partial charge in [0.25, 0.3) is 0 Å². The lowest BCUT2D eigenvalue weighted by Gasteiger charge is -2.25. The van der Waals surface area contributed by atoms with Gasteiger partial charge in [0.2, 0.25) is 0 Å². The van der Waals surface area contributed by atoms with E-state index in [9.17, 15) is 9.59 Å². The van der Waals surface area contributed by atoms with Crippen molar-refractivity contribution < 1.29 is 28.5 Å². The molecule has 0 heterocycles. The van der Waals surface area contributed by atoms with Gasteiger partial charge in [0.05, 0.1) is 20.3 Å². The van der Waals surface area contributed by atoms with Crippen molar-refractivity contribution in [3.8, 4) is 11.5 Å². The van der Waals surface area contributed by atoms with Crippen molar-refractivity contribution in [1.29, 1.82) is 0 Å². The number of carbonyl (C=O) groups excluding carboxylic acids is 2. The van der Waals surface area contributed by atoms with Crippen LogP contribution in [0.25, 0.3) is 23.3 Å². The van der Waals surface area contributed by atoms with E-state index in [1.54, 1.807) is 19.2 Å². The molecule has 7 aromatic carbocycles. The Balaban J connectivity index is 1.13. The fraction of sp³-hybridized carbons (Fsp3) is 0.111. The van der Waals surface area contributed by atoms with Crippen molar-refractivity contribution in [3.05, 3.63) is 221 Å². The first-order chi connectivity index (χ1) is 29.9. The van der Waals surface area contributed by atoms with Crippen LogP contribution in [0.5, 0.6) is 11.5 Å². The number of para-hydroxylation sites is 1. The van der Waals surface area contributed by atoms with Gasteiger partial charge < -0.3 is 23.8 Å². The maximum atomic E-state index is 12.3. The standard InChI is InChI=1S/C54H47NO6/c1-40(56)59-36-12-13-37-60-54(57)61-51-34-26-46(27-35-51)53(45-24-32-50(58-2)33-25-45)39-42-22-30-49(31-23-42)55(47-18-10-5-11-19-47)48-28-20-41(21-29-48)38-52(43-14-6-3-7-15-43)44-16-8-4-9-17-44/h3-11,14-35,38-39H,12-13,36-37H2,1-2H3. The molecule has 0 spiro atoms. The van der Waals surface area contributed by atoms with Crippen LogP contribution in [-0.4, -0.2) is 32.4 Å². The molecule has 0 radical (unpaired) electrons. The Kier molecular flexibility index (Phi) is 14.2. The summed E-state index contributed by atoms with van der Waals surface area (Å²) in [7, 11) is 1.65. The van der Waals surface area contributed by atoms with Crippen LogP contribution in [-0.2, 0) is 14.3 Å². The largest absolute Gasteiger partial charge is 0.513 e. The first-order valence-corrected chi connectivity index (χ1v) is 20.3. The topological polar surface area (TPSA) is 74.3 Å². The molecule has 0 bridgehead atoms.